The number of aromatic hydroxyl groups is 2. The normalized spacial score (nSPS) is 12.9. The third-order valence-corrected chi connectivity index (χ3v) is 4.15. The number of benzene rings is 2. The summed E-state index contributed by atoms with van der Waals surface area (Å²) >= 11 is 0. The van der Waals surface area contributed by atoms with Gasteiger partial charge in [-0.15, -0.1) is 0 Å². The highest BCUT2D eigenvalue weighted by atomic mass is 16.3. The molecule has 2 nitrogen and oxygen atoms in total. The van der Waals surface area contributed by atoms with Crippen LogP contribution in [-0.4, -0.2) is 10.2 Å². The van der Waals surface area contributed by atoms with Crippen molar-refractivity contribution in [3.05, 3.63) is 59.7 Å². The summed E-state index contributed by atoms with van der Waals surface area (Å²) in [5, 5.41) is 18.0. The minimum Gasteiger partial charge on any atom is -0.508 e. The molecule has 2 atom stereocenters. The van der Waals surface area contributed by atoms with Crippen molar-refractivity contribution in [2.75, 3.05) is 0 Å². The number of hydrogen-bond donors (Lipinski definition) is 2. The molecule has 0 amide bonds. The van der Waals surface area contributed by atoms with Gasteiger partial charge in [-0.25, -0.2) is 0 Å². The largest absolute Gasteiger partial charge is 0.508 e. The van der Waals surface area contributed by atoms with Crippen molar-refractivity contribution in [2.24, 2.45) is 0 Å². The molecule has 0 bridgehead atoms. The molecule has 22 heavy (non-hydrogen) atoms. The lowest BCUT2D eigenvalue weighted by Gasteiger charge is -2.07. The summed E-state index contributed by atoms with van der Waals surface area (Å²) in [6, 6.07) is 14.9. The second kappa shape index (κ2) is 9.14. The summed E-state index contributed by atoms with van der Waals surface area (Å²) in [7, 11) is 0. The van der Waals surface area contributed by atoms with E-state index in [-0.39, 0.29) is 0 Å². The van der Waals surface area contributed by atoms with Gasteiger partial charge in [-0.05, 0) is 60.1 Å². The molecule has 2 unspecified atom stereocenters. The molecule has 0 saturated heterocycles. The van der Waals surface area contributed by atoms with E-state index in [9.17, 15) is 0 Å². The molecule has 0 saturated carbocycles. The van der Waals surface area contributed by atoms with Crippen LogP contribution in [0.15, 0.2) is 48.5 Å². The van der Waals surface area contributed by atoms with E-state index < -0.39 is 0 Å². The molecule has 120 valence electrons. The van der Waals surface area contributed by atoms with Crippen molar-refractivity contribution < 1.29 is 10.2 Å². The molecule has 2 rings (SSSR count). The number of phenolic OH excluding ortho intramolecular Hbond substituents is 2. The van der Waals surface area contributed by atoms with Gasteiger partial charge in [-0.1, -0.05) is 52.0 Å². The van der Waals surface area contributed by atoms with Crippen LogP contribution in [0.5, 0.6) is 11.5 Å². The van der Waals surface area contributed by atoms with Gasteiger partial charge in [0.15, 0.2) is 0 Å². The Kier molecular flexibility index (Phi) is 7.51. The van der Waals surface area contributed by atoms with Gasteiger partial charge in [0.2, 0.25) is 0 Å². The topological polar surface area (TPSA) is 40.5 Å². The number of phenols is 2. The van der Waals surface area contributed by atoms with Crippen LogP contribution >= 0.6 is 0 Å². The predicted molar refractivity (Wildman–Crippen MR) is 93.6 cm³/mol. The first-order valence-electron chi connectivity index (χ1n) is 8.05. The van der Waals surface area contributed by atoms with Gasteiger partial charge in [0.1, 0.15) is 11.5 Å². The third-order valence-electron chi connectivity index (χ3n) is 4.15. The summed E-state index contributed by atoms with van der Waals surface area (Å²) in [6.45, 7) is 8.70. The first-order chi connectivity index (χ1) is 10.5. The summed E-state index contributed by atoms with van der Waals surface area (Å²) in [6.07, 6.45) is 2.29. The molecule has 2 aromatic carbocycles. The lowest BCUT2D eigenvalue weighted by Crippen LogP contribution is -1.89. The van der Waals surface area contributed by atoms with Crippen LogP contribution in [0, 0.1) is 0 Å². The molecule has 0 aliphatic heterocycles. The lowest BCUT2D eigenvalue weighted by molar-refractivity contribution is 0.474. The highest BCUT2D eigenvalue weighted by molar-refractivity contribution is 5.28. The highest BCUT2D eigenvalue weighted by Crippen LogP contribution is 2.21. The van der Waals surface area contributed by atoms with E-state index in [2.05, 4.69) is 27.7 Å². The first kappa shape index (κ1) is 18.1. The summed E-state index contributed by atoms with van der Waals surface area (Å²) in [5.74, 6) is 1.88. The zero-order chi connectivity index (χ0) is 16.5. The van der Waals surface area contributed by atoms with Crippen molar-refractivity contribution in [3.63, 3.8) is 0 Å². The average molecular weight is 300 g/mol. The fourth-order valence-electron chi connectivity index (χ4n) is 2.08. The molecule has 2 aromatic rings. The molecular weight excluding hydrogens is 272 g/mol. The maximum atomic E-state index is 9.01. The smallest absolute Gasteiger partial charge is 0.115 e. The second-order valence-electron chi connectivity index (χ2n) is 5.80. The first-order valence-corrected chi connectivity index (χ1v) is 8.05. The van der Waals surface area contributed by atoms with E-state index in [0.29, 0.717) is 23.3 Å². The number of hydrogen-bond acceptors (Lipinski definition) is 2. The molecule has 2 heteroatoms. The maximum absolute atomic E-state index is 9.01. The quantitative estimate of drug-likeness (QED) is 0.747. The van der Waals surface area contributed by atoms with E-state index >= 15 is 0 Å². The standard InChI is InChI=1S/2C10H14O/c2*1-3-8(2)9-4-6-10(11)7-5-9/h2*4-8,11H,3H2,1-2H3. The SMILES string of the molecule is CCC(C)c1ccc(O)cc1.CCC(C)c1ccc(O)cc1. The average Bonchev–Trinajstić information content (AvgIpc) is 2.55. The summed E-state index contributed by atoms with van der Waals surface area (Å²) < 4.78 is 0. The van der Waals surface area contributed by atoms with Crippen LogP contribution in [0.1, 0.15) is 63.5 Å². The van der Waals surface area contributed by atoms with Gasteiger partial charge >= 0.3 is 0 Å². The fraction of sp³-hybridized carbons (Fsp3) is 0.400. The Labute approximate surface area is 134 Å². The van der Waals surface area contributed by atoms with Gasteiger partial charge < -0.3 is 10.2 Å². The van der Waals surface area contributed by atoms with Crippen LogP contribution in [-0.2, 0) is 0 Å². The van der Waals surface area contributed by atoms with Crippen molar-refractivity contribution >= 4 is 0 Å². The Bertz CT molecular complexity index is 477. The Morgan fingerprint density at radius 1 is 0.636 bits per heavy atom. The minimum absolute atomic E-state index is 0.344. The predicted octanol–water partition coefficient (Wildman–Crippen LogP) is 5.81. The van der Waals surface area contributed by atoms with Gasteiger partial charge in [0, 0.05) is 0 Å². The molecule has 0 spiro atoms. The van der Waals surface area contributed by atoms with Crippen molar-refractivity contribution in [1.82, 2.24) is 0 Å². The van der Waals surface area contributed by atoms with Crippen LogP contribution in [0.4, 0.5) is 0 Å². The van der Waals surface area contributed by atoms with E-state index in [1.54, 1.807) is 24.3 Å². The van der Waals surface area contributed by atoms with Gasteiger partial charge in [-0.2, -0.15) is 0 Å². The fourth-order valence-corrected chi connectivity index (χ4v) is 2.08. The van der Waals surface area contributed by atoms with E-state index in [1.807, 2.05) is 24.3 Å². The zero-order valence-electron chi connectivity index (χ0n) is 14.1. The molecule has 0 aliphatic carbocycles. The minimum atomic E-state index is 0.344. The number of rotatable bonds is 4. The van der Waals surface area contributed by atoms with Crippen LogP contribution in [0.3, 0.4) is 0 Å². The molecule has 0 aliphatic rings. The van der Waals surface area contributed by atoms with Gasteiger partial charge in [0.05, 0.1) is 0 Å². The third kappa shape index (κ3) is 5.80. The molecule has 0 fully saturated rings. The maximum Gasteiger partial charge on any atom is 0.115 e. The van der Waals surface area contributed by atoms with E-state index in [0.717, 1.165) is 12.8 Å². The van der Waals surface area contributed by atoms with Gasteiger partial charge in [-0.3, -0.25) is 0 Å². The Morgan fingerprint density at radius 3 is 1.14 bits per heavy atom. The van der Waals surface area contributed by atoms with Crippen LogP contribution in [0.2, 0.25) is 0 Å². The summed E-state index contributed by atoms with van der Waals surface area (Å²) in [5.41, 5.74) is 2.59. The summed E-state index contributed by atoms with van der Waals surface area (Å²) in [4.78, 5) is 0. The highest BCUT2D eigenvalue weighted by Gasteiger charge is 2.01. The van der Waals surface area contributed by atoms with E-state index in [1.165, 1.54) is 11.1 Å². The molecule has 0 heterocycles. The van der Waals surface area contributed by atoms with Crippen LogP contribution < -0.4 is 0 Å². The van der Waals surface area contributed by atoms with Crippen molar-refractivity contribution in [3.8, 4) is 11.5 Å². The molecular formula is C20H28O2. The Morgan fingerprint density at radius 2 is 0.909 bits per heavy atom. The van der Waals surface area contributed by atoms with Crippen LogP contribution in [0.25, 0.3) is 0 Å². The van der Waals surface area contributed by atoms with Crippen molar-refractivity contribution in [2.45, 2.75) is 52.4 Å². The Hall–Kier alpha value is -1.96. The van der Waals surface area contributed by atoms with E-state index in [4.69, 9.17) is 10.2 Å². The zero-order valence-corrected chi connectivity index (χ0v) is 14.1. The molecule has 0 aromatic heterocycles. The monoisotopic (exact) mass is 300 g/mol. The van der Waals surface area contributed by atoms with Crippen molar-refractivity contribution in [1.29, 1.82) is 0 Å². The molecule has 2 N–H and O–H groups in total. The Balaban J connectivity index is 0.000000220. The van der Waals surface area contributed by atoms with Gasteiger partial charge in [0.25, 0.3) is 0 Å². The second-order valence-corrected chi connectivity index (χ2v) is 5.80. The molecule has 0 radical (unpaired) electrons. The lowest BCUT2D eigenvalue weighted by atomic mass is 9.99.